The van der Waals surface area contributed by atoms with Gasteiger partial charge in [-0.15, -0.1) is 0 Å². The van der Waals surface area contributed by atoms with Crippen LogP contribution in [0.1, 0.15) is 44.2 Å². The molecule has 190 valence electrons. The first-order chi connectivity index (χ1) is 17.4. The Morgan fingerprint density at radius 1 is 1.06 bits per heavy atom. The highest BCUT2D eigenvalue weighted by molar-refractivity contribution is 6.07. The van der Waals surface area contributed by atoms with Gasteiger partial charge in [0.05, 0.1) is 0 Å². The molecule has 3 aromatic rings. The number of carbonyl (C=O) groups excluding carboxylic acids is 2. The minimum absolute atomic E-state index is 0.00384. The fraction of sp³-hybridized carbons (Fsp3) is 0.483. The number of aromatic nitrogens is 2. The quantitative estimate of drug-likeness (QED) is 0.440. The second-order valence-corrected chi connectivity index (χ2v) is 10.8. The minimum Gasteiger partial charge on any atom is -0.350 e. The van der Waals surface area contributed by atoms with Gasteiger partial charge in [0.1, 0.15) is 5.54 Å². The zero-order valence-corrected chi connectivity index (χ0v) is 21.7. The first-order valence-corrected chi connectivity index (χ1v) is 13.2. The van der Waals surface area contributed by atoms with Crippen LogP contribution in [0.5, 0.6) is 0 Å². The van der Waals surface area contributed by atoms with Crippen LogP contribution in [0.3, 0.4) is 0 Å². The Morgan fingerprint density at radius 3 is 2.56 bits per heavy atom. The number of urea groups is 1. The second-order valence-electron chi connectivity index (χ2n) is 10.8. The van der Waals surface area contributed by atoms with Crippen molar-refractivity contribution in [2.45, 2.75) is 51.6 Å². The lowest BCUT2D eigenvalue weighted by Crippen LogP contribution is -2.57. The van der Waals surface area contributed by atoms with Gasteiger partial charge in [0.2, 0.25) is 0 Å². The maximum Gasteiger partial charge on any atom is 0.327 e. The van der Waals surface area contributed by atoms with E-state index in [4.69, 9.17) is 0 Å². The second kappa shape index (κ2) is 10.1. The molecule has 0 aliphatic carbocycles. The van der Waals surface area contributed by atoms with E-state index in [0.29, 0.717) is 31.8 Å². The fourth-order valence-electron chi connectivity index (χ4n) is 5.94. The first kappa shape index (κ1) is 24.5. The van der Waals surface area contributed by atoms with Crippen molar-refractivity contribution in [3.63, 3.8) is 0 Å². The van der Waals surface area contributed by atoms with Crippen molar-refractivity contribution < 1.29 is 9.59 Å². The summed E-state index contributed by atoms with van der Waals surface area (Å²) in [4.78, 5) is 37.3. The Bertz CT molecular complexity index is 1230. The number of para-hydroxylation sites is 1. The molecule has 0 radical (unpaired) electrons. The van der Waals surface area contributed by atoms with Gasteiger partial charge < -0.3 is 9.47 Å². The number of carbonyl (C=O) groups is 2. The lowest BCUT2D eigenvalue weighted by molar-refractivity contribution is -0.135. The van der Waals surface area contributed by atoms with Crippen molar-refractivity contribution in [1.29, 1.82) is 0 Å². The highest BCUT2D eigenvalue weighted by Gasteiger charge is 2.57. The van der Waals surface area contributed by atoms with Gasteiger partial charge in [0.15, 0.2) is 0 Å². The largest absolute Gasteiger partial charge is 0.350 e. The number of aryl methyl sites for hydroxylation is 2. The molecule has 0 saturated carbocycles. The molecule has 2 saturated heterocycles. The zero-order valence-electron chi connectivity index (χ0n) is 21.7. The topological polar surface area (TPSA) is 61.7 Å². The normalized spacial score (nSPS) is 18.3. The Balaban J connectivity index is 1.28. The van der Waals surface area contributed by atoms with Gasteiger partial charge in [0, 0.05) is 69.3 Å². The maximum atomic E-state index is 13.8. The monoisotopic (exact) mass is 487 g/mol. The van der Waals surface area contributed by atoms with E-state index in [1.54, 1.807) is 6.20 Å². The standard InChI is InChI=1S/C29H37N5O2/c1-22(2)19-34-28(36)33(15-7-9-23-8-6-14-30-18-23)27(35)29(34)12-16-32(17-13-29)21-24-20-31(3)26-11-5-4-10-25(24)26/h4-6,8,10-11,14,18,20,22H,7,9,12-13,15-17,19,21H2,1-3H3. The number of pyridine rings is 1. The van der Waals surface area contributed by atoms with Gasteiger partial charge in [-0.25, -0.2) is 4.79 Å². The Kier molecular flexibility index (Phi) is 6.84. The van der Waals surface area contributed by atoms with Crippen LogP contribution in [-0.4, -0.2) is 67.9 Å². The molecule has 1 spiro atoms. The van der Waals surface area contributed by atoms with E-state index < -0.39 is 5.54 Å². The first-order valence-electron chi connectivity index (χ1n) is 13.2. The predicted molar refractivity (Wildman–Crippen MR) is 141 cm³/mol. The highest BCUT2D eigenvalue weighted by Crippen LogP contribution is 2.38. The van der Waals surface area contributed by atoms with Crippen LogP contribution in [0.4, 0.5) is 4.79 Å². The summed E-state index contributed by atoms with van der Waals surface area (Å²) < 4.78 is 2.18. The molecule has 2 aliphatic heterocycles. The molecule has 5 rings (SSSR count). The highest BCUT2D eigenvalue weighted by atomic mass is 16.2. The number of hydrogen-bond donors (Lipinski definition) is 0. The van der Waals surface area contributed by atoms with E-state index in [-0.39, 0.29) is 11.9 Å². The van der Waals surface area contributed by atoms with E-state index in [2.05, 4.69) is 65.8 Å². The third kappa shape index (κ3) is 4.52. The minimum atomic E-state index is -0.703. The van der Waals surface area contributed by atoms with E-state index in [1.165, 1.54) is 21.4 Å². The van der Waals surface area contributed by atoms with Gasteiger partial charge in [-0.05, 0) is 54.9 Å². The Morgan fingerprint density at radius 2 is 1.83 bits per heavy atom. The van der Waals surface area contributed by atoms with Crippen LogP contribution in [0.15, 0.2) is 55.0 Å². The van der Waals surface area contributed by atoms with Gasteiger partial charge in [-0.1, -0.05) is 38.1 Å². The molecule has 0 N–H and O–H groups in total. The summed E-state index contributed by atoms with van der Waals surface area (Å²) in [5.41, 5.74) is 2.98. The summed E-state index contributed by atoms with van der Waals surface area (Å²) in [6, 6.07) is 12.4. The van der Waals surface area contributed by atoms with Crippen molar-refractivity contribution in [2.75, 3.05) is 26.2 Å². The summed E-state index contributed by atoms with van der Waals surface area (Å²) in [5, 5.41) is 1.29. The number of rotatable bonds is 8. The number of imide groups is 1. The van der Waals surface area contributed by atoms with Crippen molar-refractivity contribution >= 4 is 22.8 Å². The number of amides is 3. The van der Waals surface area contributed by atoms with Crippen molar-refractivity contribution in [2.24, 2.45) is 13.0 Å². The third-order valence-corrected chi connectivity index (χ3v) is 7.80. The third-order valence-electron chi connectivity index (χ3n) is 7.80. The molecule has 2 aromatic heterocycles. The number of fused-ring (bicyclic) bond motifs is 1. The summed E-state index contributed by atoms with van der Waals surface area (Å²) in [7, 11) is 2.09. The van der Waals surface area contributed by atoms with Crippen molar-refractivity contribution in [3.05, 3.63) is 66.1 Å². The van der Waals surface area contributed by atoms with E-state index in [1.807, 2.05) is 23.2 Å². The van der Waals surface area contributed by atoms with E-state index in [0.717, 1.165) is 38.0 Å². The molecular formula is C29H37N5O2. The summed E-state index contributed by atoms with van der Waals surface area (Å²) in [6.07, 6.45) is 8.77. The van der Waals surface area contributed by atoms with Crippen LogP contribution in [0.25, 0.3) is 10.9 Å². The smallest absolute Gasteiger partial charge is 0.327 e. The average Bonchev–Trinajstić information content (AvgIpc) is 3.29. The van der Waals surface area contributed by atoms with Gasteiger partial charge in [-0.3, -0.25) is 19.6 Å². The average molecular weight is 488 g/mol. The van der Waals surface area contributed by atoms with Gasteiger partial charge in [-0.2, -0.15) is 0 Å². The van der Waals surface area contributed by atoms with Crippen LogP contribution >= 0.6 is 0 Å². The number of piperidine rings is 1. The summed E-state index contributed by atoms with van der Waals surface area (Å²) in [5.74, 6) is 0.312. The molecule has 0 atom stereocenters. The number of likely N-dealkylation sites (tertiary alicyclic amines) is 1. The molecule has 36 heavy (non-hydrogen) atoms. The maximum absolute atomic E-state index is 13.8. The van der Waals surface area contributed by atoms with Crippen molar-refractivity contribution in [3.8, 4) is 0 Å². The zero-order chi connectivity index (χ0) is 25.3. The number of hydrogen-bond acceptors (Lipinski definition) is 4. The molecular weight excluding hydrogens is 450 g/mol. The van der Waals surface area contributed by atoms with Gasteiger partial charge >= 0.3 is 6.03 Å². The summed E-state index contributed by atoms with van der Waals surface area (Å²) in [6.45, 7) is 7.78. The Hall–Kier alpha value is -3.19. The molecule has 2 aliphatic rings. The molecule has 0 unspecified atom stereocenters. The summed E-state index contributed by atoms with van der Waals surface area (Å²) >= 11 is 0. The molecule has 1 aromatic carbocycles. The lowest BCUT2D eigenvalue weighted by Gasteiger charge is -2.42. The molecule has 7 nitrogen and oxygen atoms in total. The van der Waals surface area contributed by atoms with Crippen LogP contribution in [-0.2, 0) is 24.8 Å². The Labute approximate surface area is 213 Å². The number of benzene rings is 1. The molecule has 7 heteroatoms. The molecule has 2 fully saturated rings. The van der Waals surface area contributed by atoms with Crippen molar-refractivity contribution in [1.82, 2.24) is 24.3 Å². The predicted octanol–water partition coefficient (Wildman–Crippen LogP) is 4.46. The fourth-order valence-corrected chi connectivity index (χ4v) is 5.94. The lowest BCUT2D eigenvalue weighted by atomic mass is 9.85. The SMILES string of the molecule is CC(C)CN1C(=O)N(CCCc2cccnc2)C(=O)C12CCN(Cc1cn(C)c3ccccc13)CC2. The molecule has 0 bridgehead atoms. The van der Waals surface area contributed by atoms with E-state index in [9.17, 15) is 9.59 Å². The number of nitrogens with zero attached hydrogens (tertiary/aromatic N) is 5. The van der Waals surface area contributed by atoms with Crippen LogP contribution < -0.4 is 0 Å². The molecule has 4 heterocycles. The van der Waals surface area contributed by atoms with Crippen LogP contribution in [0.2, 0.25) is 0 Å². The molecule has 3 amide bonds. The van der Waals surface area contributed by atoms with Crippen LogP contribution in [0, 0.1) is 5.92 Å². The van der Waals surface area contributed by atoms with E-state index >= 15 is 0 Å². The van der Waals surface area contributed by atoms with Gasteiger partial charge in [0.25, 0.3) is 5.91 Å².